The summed E-state index contributed by atoms with van der Waals surface area (Å²) < 4.78 is 50.4. The molecule has 23 heteroatoms. The van der Waals surface area contributed by atoms with Gasteiger partial charge in [-0.05, 0) is 66.8 Å². The van der Waals surface area contributed by atoms with E-state index in [4.69, 9.17) is 49.9 Å². The number of nitrogens with one attached hydrogen (secondary N) is 6. The zero-order chi connectivity index (χ0) is 53.8. The molecular weight excluding hydrogens is 981 g/mol. The van der Waals surface area contributed by atoms with Crippen molar-refractivity contribution >= 4 is 33.8 Å². The van der Waals surface area contributed by atoms with Crippen LogP contribution in [0.3, 0.4) is 0 Å². The van der Waals surface area contributed by atoms with E-state index in [-0.39, 0.29) is 41.7 Å². The molecule has 0 aliphatic carbocycles. The second-order valence-electron chi connectivity index (χ2n) is 18.4. The Hall–Kier alpha value is -5.43. The van der Waals surface area contributed by atoms with Gasteiger partial charge in [0, 0.05) is 38.4 Å². The molecule has 5 atom stereocenters. The van der Waals surface area contributed by atoms with Crippen LogP contribution >= 0.6 is 0 Å². The second kappa shape index (κ2) is 32.8. The van der Waals surface area contributed by atoms with Crippen molar-refractivity contribution < 1.29 is 65.3 Å². The number of rotatable bonds is 36. The molecule has 1 fully saturated rings. The van der Waals surface area contributed by atoms with Crippen molar-refractivity contribution in [3.63, 3.8) is 0 Å². The Balaban J connectivity index is 1.53. The third-order valence-corrected chi connectivity index (χ3v) is 12.0. The number of ether oxygens (including phenoxy) is 3. The molecule has 0 radical (unpaired) electrons. The van der Waals surface area contributed by atoms with Gasteiger partial charge in [-0.3, -0.25) is 47.6 Å². The molecule has 0 bridgehead atoms. The van der Waals surface area contributed by atoms with E-state index in [1.165, 1.54) is 25.1 Å². The average Bonchev–Trinajstić information content (AvgIpc) is 3.37. The highest BCUT2D eigenvalue weighted by atomic mass is 32.2. The van der Waals surface area contributed by atoms with Crippen molar-refractivity contribution in [2.24, 2.45) is 17.6 Å². The minimum atomic E-state index is -4.64. The number of nitrogens with two attached hydrogens (primary N) is 1. The van der Waals surface area contributed by atoms with Crippen LogP contribution in [0, 0.1) is 24.2 Å². The van der Waals surface area contributed by atoms with E-state index in [1.807, 2.05) is 88.4 Å². The van der Waals surface area contributed by atoms with Crippen LogP contribution in [-0.2, 0) is 75.1 Å². The van der Waals surface area contributed by atoms with Gasteiger partial charge in [0.25, 0.3) is 16.0 Å². The summed E-state index contributed by atoms with van der Waals surface area (Å²) in [5.74, 6) is -2.83. The van der Waals surface area contributed by atoms with Crippen LogP contribution in [0.1, 0.15) is 88.2 Å². The van der Waals surface area contributed by atoms with Crippen molar-refractivity contribution in [1.82, 2.24) is 37.5 Å². The number of carbonyl (C=O) groups excluding carboxylic acids is 4. The Morgan fingerprint density at radius 1 is 0.784 bits per heavy atom. The van der Waals surface area contributed by atoms with Gasteiger partial charge < -0.3 is 30.6 Å². The number of esters is 1. The zero-order valence-electron chi connectivity index (χ0n) is 42.9. The monoisotopic (exact) mass is 1050 g/mol. The quantitative estimate of drug-likeness (QED) is 0.0145. The molecule has 1 heterocycles. The van der Waals surface area contributed by atoms with Crippen molar-refractivity contribution in [2.45, 2.75) is 115 Å². The van der Waals surface area contributed by atoms with Gasteiger partial charge in [-0.1, -0.05) is 100 Å². The summed E-state index contributed by atoms with van der Waals surface area (Å²) in [7, 11) is -4.64. The van der Waals surface area contributed by atoms with Crippen LogP contribution in [0.4, 0.5) is 0 Å². The van der Waals surface area contributed by atoms with Crippen molar-refractivity contribution in [2.75, 3.05) is 52.7 Å². The van der Waals surface area contributed by atoms with E-state index in [0.29, 0.717) is 39.2 Å². The van der Waals surface area contributed by atoms with Crippen LogP contribution in [0.25, 0.3) is 0 Å². The molecule has 4 rings (SSSR count). The van der Waals surface area contributed by atoms with E-state index in [1.54, 1.807) is 0 Å². The number of carbonyl (C=O) groups is 4. The molecule has 3 aromatic rings. The molecule has 8 N–H and O–H groups in total. The number of hydroxylamine groups is 4. The van der Waals surface area contributed by atoms with Gasteiger partial charge in [-0.2, -0.15) is 30.3 Å². The highest BCUT2D eigenvalue weighted by Crippen LogP contribution is 2.24. The molecular formula is C51H74N8O14S. The molecule has 1 aliphatic heterocycles. The summed E-state index contributed by atoms with van der Waals surface area (Å²) in [4.78, 5) is 75.9. The Kier molecular flexibility index (Phi) is 27.1. The predicted molar refractivity (Wildman–Crippen MR) is 271 cm³/mol. The lowest BCUT2D eigenvalue weighted by atomic mass is 10.1. The maximum atomic E-state index is 13.7. The molecule has 3 amide bonds. The van der Waals surface area contributed by atoms with Gasteiger partial charge >= 0.3 is 5.97 Å². The van der Waals surface area contributed by atoms with Crippen molar-refractivity contribution in [3.05, 3.63) is 102 Å². The molecule has 1 saturated heterocycles. The van der Waals surface area contributed by atoms with Crippen LogP contribution in [-0.4, -0.2) is 120 Å². The number of hydrogen-bond donors (Lipinski definition) is 7. The number of nitrogens with zero attached hydrogens (tertiary/aromatic N) is 1. The summed E-state index contributed by atoms with van der Waals surface area (Å²) >= 11 is 0. The van der Waals surface area contributed by atoms with Crippen LogP contribution in [0.2, 0.25) is 0 Å². The molecule has 22 nitrogen and oxygen atoms in total. The molecule has 1 aliphatic rings. The number of aryl methyl sites for hydroxylation is 1. The largest absolute Gasteiger partial charge is 0.431 e. The minimum Gasteiger partial charge on any atom is -0.431 e. The maximum absolute atomic E-state index is 13.7. The van der Waals surface area contributed by atoms with Crippen molar-refractivity contribution in [1.29, 1.82) is 0 Å². The third kappa shape index (κ3) is 24.7. The Morgan fingerprint density at radius 2 is 1.41 bits per heavy atom. The topological polar surface area (TPSA) is 278 Å². The number of hydrogen-bond acceptors (Lipinski definition) is 19. The van der Waals surface area contributed by atoms with Crippen LogP contribution in [0.5, 0.6) is 0 Å². The first-order valence-electron chi connectivity index (χ1n) is 24.6. The average molecular weight is 1060 g/mol. The Bertz CT molecular complexity index is 2310. The van der Waals surface area contributed by atoms with Crippen LogP contribution in [0.15, 0.2) is 89.8 Å². The predicted octanol–water partition coefficient (Wildman–Crippen LogP) is 3.06. The van der Waals surface area contributed by atoms with E-state index in [0.717, 1.165) is 30.3 Å². The Labute approximate surface area is 434 Å². The number of terminal acetylenes is 1. The summed E-state index contributed by atoms with van der Waals surface area (Å²) in [6.07, 6.45) is 3.29. The smallest absolute Gasteiger partial charge is 0.308 e. The highest BCUT2D eigenvalue weighted by Gasteiger charge is 2.37. The fraction of sp³-hybridized carbons (Fsp3) is 0.529. The summed E-state index contributed by atoms with van der Waals surface area (Å²) in [5, 5.41) is 4.76. The van der Waals surface area contributed by atoms with Gasteiger partial charge in [-0.25, -0.2) is 0 Å². The Morgan fingerprint density at radius 3 is 2.07 bits per heavy atom. The van der Waals surface area contributed by atoms with E-state index in [2.05, 4.69) is 43.4 Å². The molecule has 0 spiro atoms. The highest BCUT2D eigenvalue weighted by molar-refractivity contribution is 7.86. The van der Waals surface area contributed by atoms with E-state index in [9.17, 15) is 27.6 Å². The summed E-state index contributed by atoms with van der Waals surface area (Å²) in [6, 6.07) is 24.6. The van der Waals surface area contributed by atoms with Gasteiger partial charge in [0.2, 0.25) is 17.6 Å². The maximum Gasteiger partial charge on any atom is 0.308 e. The SMILES string of the molecule is C#CCNC(=O)c1cccc(S(=O)(=O)OCC(C)(OC(=O)CCC(=O)NCC(N)=O)O[C@@H](CC(C)C)NO[C@@H](Cc2ccccc2)NO[C@@H](CC(C)C)NO[C@@H](CCc2ccccc2)NOCN2CCOCC2)c1. The van der Waals surface area contributed by atoms with Gasteiger partial charge in [0.05, 0.1) is 37.6 Å². The first kappa shape index (κ1) is 61.1. The molecule has 3 aromatic carbocycles. The molecule has 1 unspecified atom stereocenters. The number of benzene rings is 3. The number of morpholine rings is 1. The summed E-state index contributed by atoms with van der Waals surface area (Å²) in [6.45, 7) is 10.8. The minimum absolute atomic E-state index is 0.00504. The normalized spacial score (nSPS) is 15.6. The first-order chi connectivity index (χ1) is 35.4. The third-order valence-electron chi connectivity index (χ3n) is 10.7. The van der Waals surface area contributed by atoms with Gasteiger partial charge in [-0.15, -0.1) is 6.42 Å². The molecule has 0 aromatic heterocycles. The summed E-state index contributed by atoms with van der Waals surface area (Å²) in [5.41, 5.74) is 19.2. The molecule has 408 valence electrons. The standard InChI is InChI=1S/C51H74N8O14S/c1-7-25-53-50(63)41-19-14-20-42(33-41)74(64,65)68-35-51(6,70-49(62)24-22-44(61)54-34-43(52)60)69-46(30-37(2)3)56-73-48(32-40-17-12-9-13-18-40)58-72-47(31-38(4)5)57-71-45(23-21-39-15-10-8-11-16-39)55-67-36-59-26-28-66-29-27-59/h1,8-20,33,37-38,45-48,55-58H,21-32,34-36H2,2-6H3,(H2,52,60)(H,53,63)(H,54,61)/t45-,46-,47-,48-,51?/m0/s1. The van der Waals surface area contributed by atoms with Crippen molar-refractivity contribution in [3.8, 4) is 12.3 Å². The lowest BCUT2D eigenvalue weighted by molar-refractivity contribution is -0.282. The fourth-order valence-electron chi connectivity index (χ4n) is 6.99. The number of primary amides is 1. The second-order valence-corrected chi connectivity index (χ2v) is 20.0. The molecule has 74 heavy (non-hydrogen) atoms. The number of amides is 3. The lowest BCUT2D eigenvalue weighted by Crippen LogP contribution is -2.51. The van der Waals surface area contributed by atoms with E-state index >= 15 is 0 Å². The van der Waals surface area contributed by atoms with Crippen LogP contribution < -0.4 is 38.3 Å². The van der Waals surface area contributed by atoms with Gasteiger partial charge in [0.15, 0.2) is 18.7 Å². The molecule has 0 saturated carbocycles. The van der Waals surface area contributed by atoms with Gasteiger partial charge in [0.1, 0.15) is 19.6 Å². The van der Waals surface area contributed by atoms with E-state index < -0.39 is 90.5 Å². The fourth-order valence-corrected chi connectivity index (χ4v) is 8.01. The first-order valence-corrected chi connectivity index (χ1v) is 26.0. The zero-order valence-corrected chi connectivity index (χ0v) is 43.7. The lowest BCUT2D eigenvalue weighted by Gasteiger charge is -2.34.